The van der Waals surface area contributed by atoms with Gasteiger partial charge in [-0.25, -0.2) is 0 Å². The van der Waals surface area contributed by atoms with Gasteiger partial charge in [-0.3, -0.25) is 14.4 Å². The van der Waals surface area contributed by atoms with Gasteiger partial charge < -0.3 is 15.4 Å². The van der Waals surface area contributed by atoms with E-state index < -0.39 is 5.97 Å². The molecule has 0 saturated heterocycles. The highest BCUT2D eigenvalue weighted by Gasteiger charge is 2.22. The summed E-state index contributed by atoms with van der Waals surface area (Å²) in [6, 6.07) is 0. The lowest BCUT2D eigenvalue weighted by atomic mass is 10.0. The first kappa shape index (κ1) is 18.7. The maximum absolute atomic E-state index is 12.4. The number of amides is 1. The highest BCUT2D eigenvalue weighted by molar-refractivity contribution is 6.01. The van der Waals surface area contributed by atoms with Crippen molar-refractivity contribution in [3.05, 3.63) is 39.4 Å². The molecule has 6 heteroatoms. The van der Waals surface area contributed by atoms with Gasteiger partial charge in [-0.2, -0.15) is 0 Å². The Morgan fingerprint density at radius 1 is 1.00 bits per heavy atom. The van der Waals surface area contributed by atoms with E-state index >= 15 is 0 Å². The van der Waals surface area contributed by atoms with Crippen LogP contribution in [0.15, 0.2) is 16.8 Å². The summed E-state index contributed by atoms with van der Waals surface area (Å²) in [6.07, 6.45) is 3.30. The molecule has 0 radical (unpaired) electrons. The van der Waals surface area contributed by atoms with E-state index in [1.54, 1.807) is 6.92 Å². The Hall–Kier alpha value is -2.63. The molecule has 134 valence electrons. The minimum absolute atomic E-state index is 0.0189. The fraction of sp³-hybridized carbons (Fsp3) is 0.421. The third-order valence-electron chi connectivity index (χ3n) is 4.77. The number of carbonyl (C=O) groups is 3. The predicted molar refractivity (Wildman–Crippen MR) is 95.2 cm³/mol. The molecule has 3 N–H and O–H groups in total. The average Bonchev–Trinajstić information content (AvgIpc) is 2.97. The van der Waals surface area contributed by atoms with E-state index in [4.69, 9.17) is 5.11 Å². The number of carbonyl (C=O) groups excluding carboxylic acids is 2. The number of unbranched alkanes of at least 4 members (excludes halogenated alkanes) is 1. The van der Waals surface area contributed by atoms with E-state index in [0.717, 1.165) is 28.1 Å². The van der Waals surface area contributed by atoms with E-state index in [0.29, 0.717) is 30.5 Å². The zero-order valence-electron chi connectivity index (χ0n) is 15.1. The Balaban J connectivity index is 2.16. The number of ketones is 1. The van der Waals surface area contributed by atoms with Crippen molar-refractivity contribution in [1.82, 2.24) is 10.3 Å². The van der Waals surface area contributed by atoms with Gasteiger partial charge in [0, 0.05) is 29.8 Å². The van der Waals surface area contributed by atoms with Gasteiger partial charge in [0.15, 0.2) is 5.78 Å². The molecule has 0 unspecified atom stereocenters. The predicted octanol–water partition coefficient (Wildman–Crippen LogP) is 3.27. The molecule has 6 nitrogen and oxygen atoms in total. The zero-order valence-corrected chi connectivity index (χ0v) is 15.1. The third kappa shape index (κ3) is 4.07. The summed E-state index contributed by atoms with van der Waals surface area (Å²) >= 11 is 0. The van der Waals surface area contributed by atoms with Gasteiger partial charge in [0.25, 0.3) is 5.91 Å². The maximum Gasteiger partial charge on any atom is 0.303 e. The van der Waals surface area contributed by atoms with Crippen molar-refractivity contribution in [2.45, 2.75) is 53.4 Å². The molecule has 0 aromatic carbocycles. The Morgan fingerprint density at radius 3 is 2.20 bits per heavy atom. The number of nitrogens with one attached hydrogen (secondary N) is 2. The van der Waals surface area contributed by atoms with Crippen molar-refractivity contribution in [2.75, 3.05) is 0 Å². The lowest BCUT2D eigenvalue weighted by Crippen LogP contribution is -2.15. The minimum atomic E-state index is -0.842. The van der Waals surface area contributed by atoms with Gasteiger partial charge in [-0.15, -0.1) is 0 Å². The molecule has 1 aromatic heterocycles. The molecular formula is C19H24N2O4. The van der Waals surface area contributed by atoms with Crippen LogP contribution in [0, 0.1) is 13.8 Å². The molecular weight excluding hydrogens is 320 g/mol. The van der Waals surface area contributed by atoms with E-state index in [2.05, 4.69) is 10.3 Å². The summed E-state index contributed by atoms with van der Waals surface area (Å²) in [6.45, 7) is 7.49. The number of Topliss-reactive ketones (excluding diaryl/α,β-unsaturated/α-hetero) is 1. The maximum atomic E-state index is 12.4. The van der Waals surface area contributed by atoms with Gasteiger partial charge >= 0.3 is 5.97 Å². The molecule has 1 amide bonds. The number of aliphatic carboxylic acids is 1. The van der Waals surface area contributed by atoms with Gasteiger partial charge in [0.2, 0.25) is 0 Å². The molecule has 0 saturated carbocycles. The second-order valence-corrected chi connectivity index (χ2v) is 6.45. The molecule has 1 aliphatic heterocycles. The quantitative estimate of drug-likeness (QED) is 0.522. The summed E-state index contributed by atoms with van der Waals surface area (Å²) in [7, 11) is 0. The summed E-state index contributed by atoms with van der Waals surface area (Å²) < 4.78 is 0. The van der Waals surface area contributed by atoms with Gasteiger partial charge in [0.05, 0.1) is 5.69 Å². The number of carboxylic acid groups (broad SMARTS) is 1. The average molecular weight is 344 g/mol. The van der Waals surface area contributed by atoms with E-state index in [1.807, 2.05) is 26.8 Å². The second-order valence-electron chi connectivity index (χ2n) is 6.45. The molecule has 2 rings (SSSR count). The lowest BCUT2D eigenvalue weighted by molar-refractivity contribution is -0.137. The van der Waals surface area contributed by atoms with Crippen LogP contribution in [0.4, 0.5) is 0 Å². The van der Waals surface area contributed by atoms with Crippen molar-refractivity contribution in [3.63, 3.8) is 0 Å². The van der Waals surface area contributed by atoms with Gasteiger partial charge in [-0.1, -0.05) is 0 Å². The molecule has 0 fully saturated rings. The summed E-state index contributed by atoms with van der Waals surface area (Å²) in [5.74, 6) is -0.959. The highest BCUT2D eigenvalue weighted by atomic mass is 16.4. The van der Waals surface area contributed by atoms with Gasteiger partial charge in [0.1, 0.15) is 0 Å². The monoisotopic (exact) mass is 344 g/mol. The first-order chi connectivity index (χ1) is 11.7. The van der Waals surface area contributed by atoms with Crippen LogP contribution in [0.25, 0.3) is 6.08 Å². The van der Waals surface area contributed by atoms with Crippen LogP contribution in [-0.2, 0) is 9.59 Å². The minimum Gasteiger partial charge on any atom is -0.481 e. The lowest BCUT2D eigenvalue weighted by Gasteiger charge is -2.01. The van der Waals surface area contributed by atoms with Crippen LogP contribution >= 0.6 is 0 Å². The van der Waals surface area contributed by atoms with Crippen LogP contribution < -0.4 is 5.32 Å². The molecule has 0 spiro atoms. The molecule has 1 aliphatic rings. The van der Waals surface area contributed by atoms with Crippen molar-refractivity contribution >= 4 is 23.7 Å². The highest BCUT2D eigenvalue weighted by Crippen LogP contribution is 2.25. The third-order valence-corrected chi connectivity index (χ3v) is 4.77. The zero-order chi connectivity index (χ0) is 18.7. The standard InChI is InChI=1S/C19H24N2O4/c1-10-12(3)18(16(22)7-5-6-8-17(23)24)20-14(10)9-15-11(2)13(4)19(25)21-15/h9,20H,5-8H2,1-4H3,(H,21,25)(H,23,24)/b15-9-. The van der Waals surface area contributed by atoms with Crippen molar-refractivity contribution < 1.29 is 19.5 Å². The molecule has 1 aromatic rings. The fourth-order valence-electron chi connectivity index (χ4n) is 2.79. The molecule has 0 bridgehead atoms. The van der Waals surface area contributed by atoms with Crippen LogP contribution in [0.5, 0.6) is 0 Å². The SMILES string of the molecule is CC1=C(C)/C(=C/c2[nH]c(C(=O)CCCCC(=O)O)c(C)c2C)NC1=O. The van der Waals surface area contributed by atoms with Crippen molar-refractivity contribution in [3.8, 4) is 0 Å². The van der Waals surface area contributed by atoms with Crippen molar-refractivity contribution in [2.24, 2.45) is 0 Å². The van der Waals surface area contributed by atoms with E-state index in [-0.39, 0.29) is 18.1 Å². The normalized spacial score (nSPS) is 15.8. The van der Waals surface area contributed by atoms with E-state index in [1.165, 1.54) is 0 Å². The van der Waals surface area contributed by atoms with Crippen LogP contribution in [0.3, 0.4) is 0 Å². The summed E-state index contributed by atoms with van der Waals surface area (Å²) in [4.78, 5) is 37.8. The molecule has 25 heavy (non-hydrogen) atoms. The number of aromatic amines is 1. The Morgan fingerprint density at radius 2 is 1.64 bits per heavy atom. The Kier molecular flexibility index (Phi) is 5.62. The number of allylic oxidation sites excluding steroid dienone is 1. The number of H-pyrrole nitrogens is 1. The van der Waals surface area contributed by atoms with Gasteiger partial charge in [-0.05, 0) is 63.3 Å². The van der Waals surface area contributed by atoms with Crippen LogP contribution in [-0.4, -0.2) is 27.8 Å². The summed E-state index contributed by atoms with van der Waals surface area (Å²) in [5, 5.41) is 11.5. The summed E-state index contributed by atoms with van der Waals surface area (Å²) in [5.41, 5.74) is 5.55. The van der Waals surface area contributed by atoms with E-state index in [9.17, 15) is 14.4 Å². The number of hydrogen-bond acceptors (Lipinski definition) is 3. The number of rotatable bonds is 7. The number of hydrogen-bond donors (Lipinski definition) is 3. The topological polar surface area (TPSA) is 99.3 Å². The Bertz CT molecular complexity index is 797. The van der Waals surface area contributed by atoms with Crippen LogP contribution in [0.2, 0.25) is 0 Å². The number of aromatic nitrogens is 1. The smallest absolute Gasteiger partial charge is 0.303 e. The van der Waals surface area contributed by atoms with Crippen LogP contribution in [0.1, 0.15) is 66.8 Å². The number of carboxylic acids is 1. The first-order valence-electron chi connectivity index (χ1n) is 8.37. The Labute approximate surface area is 147 Å². The first-order valence-corrected chi connectivity index (χ1v) is 8.37. The fourth-order valence-corrected chi connectivity index (χ4v) is 2.79. The molecule has 0 aliphatic carbocycles. The molecule has 0 atom stereocenters. The molecule has 2 heterocycles. The second kappa shape index (κ2) is 7.51. The largest absolute Gasteiger partial charge is 0.481 e. The van der Waals surface area contributed by atoms with Crippen molar-refractivity contribution in [1.29, 1.82) is 0 Å².